The molecule has 1 aromatic rings. The largest absolute Gasteiger partial charge is 0.378 e. The predicted molar refractivity (Wildman–Crippen MR) is 101 cm³/mol. The molecule has 5 nitrogen and oxygen atoms in total. The van der Waals surface area contributed by atoms with Gasteiger partial charge in [-0.3, -0.25) is 14.5 Å². The number of carbonyl (C=O) groups is 2. The van der Waals surface area contributed by atoms with E-state index in [0.29, 0.717) is 11.1 Å². The molecule has 0 saturated heterocycles. The molecule has 3 rings (SSSR count). The van der Waals surface area contributed by atoms with Crippen molar-refractivity contribution in [2.75, 3.05) is 19.0 Å². The number of carbonyl (C=O) groups excluding carboxylic acids is 2. The summed E-state index contributed by atoms with van der Waals surface area (Å²) in [6, 6.07) is 9.74. The van der Waals surface area contributed by atoms with Gasteiger partial charge < -0.3 is 4.90 Å². The lowest BCUT2D eigenvalue weighted by atomic mass is 9.92. The van der Waals surface area contributed by atoms with Crippen LogP contribution in [-0.4, -0.2) is 36.9 Å². The Bertz CT molecular complexity index is 835. The van der Waals surface area contributed by atoms with Crippen molar-refractivity contribution in [2.24, 2.45) is 0 Å². The second kappa shape index (κ2) is 7.17. The molecule has 0 N–H and O–H groups in total. The summed E-state index contributed by atoms with van der Waals surface area (Å²) in [7, 11) is 3.94. The molecule has 0 aromatic heterocycles. The third-order valence-electron chi connectivity index (χ3n) is 5.18. The summed E-state index contributed by atoms with van der Waals surface area (Å²) in [4.78, 5) is 29.1. The fourth-order valence-corrected chi connectivity index (χ4v) is 3.63. The van der Waals surface area contributed by atoms with Crippen LogP contribution in [0.5, 0.6) is 0 Å². The van der Waals surface area contributed by atoms with Gasteiger partial charge in [-0.1, -0.05) is 25.0 Å². The van der Waals surface area contributed by atoms with Crippen molar-refractivity contribution in [3.05, 3.63) is 46.5 Å². The molecule has 1 heterocycles. The van der Waals surface area contributed by atoms with Crippen molar-refractivity contribution in [1.29, 1.82) is 5.26 Å². The number of amides is 2. The zero-order valence-electron chi connectivity index (χ0n) is 15.5. The number of imide groups is 1. The van der Waals surface area contributed by atoms with Crippen LogP contribution in [0.4, 0.5) is 5.69 Å². The van der Waals surface area contributed by atoms with E-state index < -0.39 is 5.91 Å². The minimum atomic E-state index is -0.443. The van der Waals surface area contributed by atoms with Gasteiger partial charge in [-0.2, -0.15) is 5.26 Å². The van der Waals surface area contributed by atoms with Gasteiger partial charge in [0.2, 0.25) is 0 Å². The molecule has 26 heavy (non-hydrogen) atoms. The van der Waals surface area contributed by atoms with Crippen LogP contribution >= 0.6 is 0 Å². The number of hydrogen-bond acceptors (Lipinski definition) is 4. The van der Waals surface area contributed by atoms with Gasteiger partial charge in [-0.25, -0.2) is 0 Å². The van der Waals surface area contributed by atoms with Gasteiger partial charge in [0.15, 0.2) is 0 Å². The van der Waals surface area contributed by atoms with E-state index in [9.17, 15) is 14.9 Å². The fourth-order valence-electron chi connectivity index (χ4n) is 3.63. The van der Waals surface area contributed by atoms with E-state index >= 15 is 0 Å². The van der Waals surface area contributed by atoms with E-state index in [1.54, 1.807) is 13.0 Å². The molecule has 2 amide bonds. The van der Waals surface area contributed by atoms with Crippen LogP contribution in [0.1, 0.15) is 38.2 Å². The molecule has 1 aromatic carbocycles. The summed E-state index contributed by atoms with van der Waals surface area (Å²) in [5.74, 6) is -0.725. The van der Waals surface area contributed by atoms with Gasteiger partial charge in [-0.15, -0.1) is 0 Å². The van der Waals surface area contributed by atoms with E-state index in [1.807, 2.05) is 49.3 Å². The third kappa shape index (κ3) is 3.15. The summed E-state index contributed by atoms with van der Waals surface area (Å²) in [5.41, 5.74) is 2.91. The first-order valence-electron chi connectivity index (χ1n) is 8.92. The summed E-state index contributed by atoms with van der Waals surface area (Å²) in [5, 5.41) is 9.46. The summed E-state index contributed by atoms with van der Waals surface area (Å²) >= 11 is 0. The minimum Gasteiger partial charge on any atom is -0.378 e. The Morgan fingerprint density at radius 1 is 1.12 bits per heavy atom. The average Bonchev–Trinajstić information content (AvgIpc) is 3.14. The highest BCUT2D eigenvalue weighted by Gasteiger charge is 2.40. The van der Waals surface area contributed by atoms with Crippen LogP contribution in [-0.2, 0) is 9.59 Å². The Kier molecular flexibility index (Phi) is 4.94. The molecular formula is C21H23N3O2. The van der Waals surface area contributed by atoms with Gasteiger partial charge in [0.25, 0.3) is 11.8 Å². The van der Waals surface area contributed by atoms with Gasteiger partial charge in [0.05, 0.1) is 0 Å². The molecule has 1 saturated carbocycles. The SMILES string of the molecule is CC1=C(C#N)C(=O)N(C2CCCC2)C(=O)/C1=C/c1ccc(N(C)C)cc1. The zero-order chi connectivity index (χ0) is 18.8. The smallest absolute Gasteiger partial charge is 0.271 e. The number of rotatable bonds is 3. The lowest BCUT2D eigenvalue weighted by Crippen LogP contribution is -2.47. The van der Waals surface area contributed by atoms with Gasteiger partial charge in [-0.05, 0) is 49.1 Å². The van der Waals surface area contributed by atoms with Crippen LogP contribution in [0.3, 0.4) is 0 Å². The molecule has 0 unspecified atom stereocenters. The normalized spacial score (nSPS) is 20.1. The van der Waals surface area contributed by atoms with E-state index in [1.165, 1.54) is 4.90 Å². The Hall–Kier alpha value is -2.87. The van der Waals surface area contributed by atoms with Crippen molar-refractivity contribution < 1.29 is 9.59 Å². The Morgan fingerprint density at radius 3 is 2.27 bits per heavy atom. The molecule has 0 bridgehead atoms. The molecule has 1 fully saturated rings. The van der Waals surface area contributed by atoms with Gasteiger partial charge >= 0.3 is 0 Å². The number of anilines is 1. The first kappa shape index (κ1) is 17.9. The van der Waals surface area contributed by atoms with Crippen molar-refractivity contribution in [3.63, 3.8) is 0 Å². The molecule has 0 radical (unpaired) electrons. The van der Waals surface area contributed by atoms with Crippen molar-refractivity contribution in [3.8, 4) is 6.07 Å². The zero-order valence-corrected chi connectivity index (χ0v) is 15.5. The van der Waals surface area contributed by atoms with Crippen molar-refractivity contribution in [1.82, 2.24) is 4.90 Å². The van der Waals surface area contributed by atoms with E-state index in [4.69, 9.17) is 0 Å². The Labute approximate surface area is 154 Å². The minimum absolute atomic E-state index is 0.0765. The lowest BCUT2D eigenvalue weighted by molar-refractivity contribution is -0.143. The molecule has 1 aliphatic carbocycles. The Balaban J connectivity index is 2.03. The maximum Gasteiger partial charge on any atom is 0.271 e. The lowest BCUT2D eigenvalue weighted by Gasteiger charge is -2.32. The molecule has 1 aliphatic heterocycles. The van der Waals surface area contributed by atoms with Gasteiger partial charge in [0.1, 0.15) is 11.6 Å². The maximum absolute atomic E-state index is 13.1. The third-order valence-corrected chi connectivity index (χ3v) is 5.18. The second-order valence-corrected chi connectivity index (χ2v) is 7.07. The van der Waals surface area contributed by atoms with Crippen LogP contribution < -0.4 is 4.90 Å². The Morgan fingerprint density at radius 2 is 1.73 bits per heavy atom. The monoisotopic (exact) mass is 349 g/mol. The van der Waals surface area contributed by atoms with Crippen molar-refractivity contribution >= 4 is 23.6 Å². The van der Waals surface area contributed by atoms with E-state index in [0.717, 1.165) is 36.9 Å². The molecule has 0 spiro atoms. The maximum atomic E-state index is 13.1. The highest BCUT2D eigenvalue weighted by Crippen LogP contribution is 2.33. The summed E-state index contributed by atoms with van der Waals surface area (Å²) in [6.07, 6.45) is 5.44. The van der Waals surface area contributed by atoms with Crippen LogP contribution in [0.2, 0.25) is 0 Å². The molecular weight excluding hydrogens is 326 g/mol. The number of nitriles is 1. The number of benzene rings is 1. The topological polar surface area (TPSA) is 64.4 Å². The van der Waals surface area contributed by atoms with Crippen LogP contribution in [0.15, 0.2) is 41.0 Å². The van der Waals surface area contributed by atoms with Crippen LogP contribution in [0, 0.1) is 11.3 Å². The quantitative estimate of drug-likeness (QED) is 0.620. The summed E-state index contributed by atoms with van der Waals surface area (Å²) < 4.78 is 0. The average molecular weight is 349 g/mol. The fraction of sp³-hybridized carbons (Fsp3) is 0.381. The predicted octanol–water partition coefficient (Wildman–Crippen LogP) is 3.29. The van der Waals surface area contributed by atoms with Gasteiger partial charge in [0, 0.05) is 31.4 Å². The van der Waals surface area contributed by atoms with Crippen molar-refractivity contribution in [2.45, 2.75) is 38.6 Å². The van der Waals surface area contributed by atoms with E-state index in [-0.39, 0.29) is 17.5 Å². The standard InChI is InChI=1S/C21H23N3O2/c1-14-18(12-15-8-10-16(11-9-15)23(2)3)20(25)24(17-6-4-5-7-17)21(26)19(14)13-22/h8-12,17H,4-7H2,1-3H3/b18-12+. The molecule has 0 atom stereocenters. The highest BCUT2D eigenvalue weighted by atomic mass is 16.2. The molecule has 134 valence electrons. The highest BCUT2D eigenvalue weighted by molar-refractivity contribution is 6.19. The molecule has 5 heteroatoms. The summed E-state index contributed by atoms with van der Waals surface area (Å²) in [6.45, 7) is 1.68. The van der Waals surface area contributed by atoms with E-state index in [2.05, 4.69) is 0 Å². The molecule has 2 aliphatic rings. The number of nitrogens with zero attached hydrogens (tertiary/aromatic N) is 3. The number of hydrogen-bond donors (Lipinski definition) is 0. The van der Waals surface area contributed by atoms with Crippen LogP contribution in [0.25, 0.3) is 6.08 Å². The first-order chi connectivity index (χ1) is 12.4. The first-order valence-corrected chi connectivity index (χ1v) is 8.92. The second-order valence-electron chi connectivity index (χ2n) is 7.07.